The van der Waals surface area contributed by atoms with Crippen molar-refractivity contribution in [1.29, 1.82) is 0 Å². The van der Waals surface area contributed by atoms with E-state index in [-0.39, 0.29) is 6.10 Å². The smallest absolute Gasteiger partial charge is 0.163 e. The maximum Gasteiger partial charge on any atom is 0.163 e. The third kappa shape index (κ3) is 3.29. The van der Waals surface area contributed by atoms with E-state index in [4.69, 9.17) is 9.47 Å². The number of aromatic nitrogens is 1. The van der Waals surface area contributed by atoms with Gasteiger partial charge in [-0.3, -0.25) is 0 Å². The third-order valence-electron chi connectivity index (χ3n) is 3.05. The van der Waals surface area contributed by atoms with Gasteiger partial charge in [0.25, 0.3) is 0 Å². The number of ether oxygens (including phenoxy) is 2. The molecule has 2 heterocycles. The molecule has 0 spiro atoms. The van der Waals surface area contributed by atoms with Crippen molar-refractivity contribution in [3.05, 3.63) is 15.6 Å². The molecule has 5 heteroatoms. The third-order valence-corrected chi connectivity index (χ3v) is 4.31. The number of nitrogens with zero attached hydrogens (tertiary/aromatic N) is 1. The van der Waals surface area contributed by atoms with Gasteiger partial charge in [-0.1, -0.05) is 0 Å². The first kappa shape index (κ1) is 13.9. The van der Waals surface area contributed by atoms with Crippen LogP contribution in [0.3, 0.4) is 0 Å². The van der Waals surface area contributed by atoms with Crippen molar-refractivity contribution in [2.24, 2.45) is 0 Å². The molecule has 0 aliphatic carbocycles. The summed E-state index contributed by atoms with van der Waals surface area (Å²) in [5.41, 5.74) is 1.13. The van der Waals surface area contributed by atoms with Crippen LogP contribution in [0.2, 0.25) is 0 Å². The second-order valence-electron chi connectivity index (χ2n) is 5.26. The highest BCUT2D eigenvalue weighted by Gasteiger charge is 2.32. The second kappa shape index (κ2) is 5.25. The van der Waals surface area contributed by atoms with E-state index in [1.807, 2.05) is 20.8 Å². The first-order valence-electron chi connectivity index (χ1n) is 6.36. The molecule has 1 aromatic heterocycles. The topological polar surface area (TPSA) is 43.4 Å². The van der Waals surface area contributed by atoms with Crippen LogP contribution in [0.4, 0.5) is 0 Å². The Kier molecular flexibility index (Phi) is 4.06. The van der Waals surface area contributed by atoms with Crippen LogP contribution in [0, 0.1) is 13.8 Å². The Morgan fingerprint density at radius 2 is 2.22 bits per heavy atom. The van der Waals surface area contributed by atoms with Crippen LogP contribution in [-0.4, -0.2) is 30.0 Å². The fraction of sp³-hybridized carbons (Fsp3) is 0.769. The number of hydrogen-bond acceptors (Lipinski definition) is 5. The maximum atomic E-state index is 5.77. The highest BCUT2D eigenvalue weighted by molar-refractivity contribution is 7.11. The summed E-state index contributed by atoms with van der Waals surface area (Å²) in [7, 11) is 0. The summed E-state index contributed by atoms with van der Waals surface area (Å²) >= 11 is 1.76. The van der Waals surface area contributed by atoms with Crippen molar-refractivity contribution in [2.75, 3.05) is 13.2 Å². The van der Waals surface area contributed by atoms with Gasteiger partial charge >= 0.3 is 0 Å². The summed E-state index contributed by atoms with van der Waals surface area (Å²) in [6.45, 7) is 11.6. The maximum absolute atomic E-state index is 5.77. The Labute approximate surface area is 113 Å². The number of nitrogens with one attached hydrogen (secondary N) is 1. The Morgan fingerprint density at radius 1 is 1.50 bits per heavy atom. The Morgan fingerprint density at radius 3 is 2.72 bits per heavy atom. The van der Waals surface area contributed by atoms with E-state index in [1.165, 1.54) is 4.88 Å². The molecular formula is C13H22N2O2S. The standard InChI is InChI=1S/C13H22N2O2S/c1-8(12-9(2)15-10(3)18-12)14-6-11-7-16-13(4,5)17-11/h8,11,14H,6-7H2,1-5H3. The molecule has 1 aromatic rings. The summed E-state index contributed by atoms with van der Waals surface area (Å²) in [5.74, 6) is -0.438. The lowest BCUT2D eigenvalue weighted by Gasteiger charge is -2.19. The molecule has 102 valence electrons. The number of thiazole rings is 1. The summed E-state index contributed by atoms with van der Waals surface area (Å²) in [4.78, 5) is 5.77. The van der Waals surface area contributed by atoms with Crippen molar-refractivity contribution in [3.63, 3.8) is 0 Å². The van der Waals surface area contributed by atoms with Crippen LogP contribution in [-0.2, 0) is 9.47 Å². The van der Waals surface area contributed by atoms with Gasteiger partial charge in [-0.25, -0.2) is 4.98 Å². The van der Waals surface area contributed by atoms with E-state index >= 15 is 0 Å². The van der Waals surface area contributed by atoms with Gasteiger partial charge in [-0.2, -0.15) is 0 Å². The summed E-state index contributed by atoms with van der Waals surface area (Å²) in [5, 5.41) is 4.62. The fourth-order valence-electron chi connectivity index (χ4n) is 2.21. The number of rotatable bonds is 4. The monoisotopic (exact) mass is 270 g/mol. The van der Waals surface area contributed by atoms with Crippen molar-refractivity contribution < 1.29 is 9.47 Å². The van der Waals surface area contributed by atoms with Crippen LogP contribution in [0.5, 0.6) is 0 Å². The van der Waals surface area contributed by atoms with Crippen LogP contribution in [0.25, 0.3) is 0 Å². The summed E-state index contributed by atoms with van der Waals surface area (Å²) in [6, 6.07) is 0.309. The van der Waals surface area contributed by atoms with E-state index in [9.17, 15) is 0 Å². The molecule has 2 atom stereocenters. The molecule has 1 aliphatic rings. The molecule has 0 amide bonds. The molecule has 1 aliphatic heterocycles. The van der Waals surface area contributed by atoms with Gasteiger partial charge in [0.15, 0.2) is 5.79 Å². The SMILES string of the molecule is Cc1nc(C)c(C(C)NCC2COC(C)(C)O2)s1. The summed E-state index contributed by atoms with van der Waals surface area (Å²) in [6.07, 6.45) is 0.136. The van der Waals surface area contributed by atoms with Crippen molar-refractivity contribution in [3.8, 4) is 0 Å². The van der Waals surface area contributed by atoms with E-state index in [2.05, 4.69) is 24.1 Å². The first-order chi connectivity index (χ1) is 8.37. The molecule has 0 radical (unpaired) electrons. The molecular weight excluding hydrogens is 248 g/mol. The van der Waals surface area contributed by atoms with Crippen LogP contribution in [0.1, 0.15) is 42.4 Å². The molecule has 1 N–H and O–H groups in total. The normalized spacial score (nSPS) is 24.4. The minimum atomic E-state index is -0.438. The average molecular weight is 270 g/mol. The number of aryl methyl sites for hydroxylation is 2. The largest absolute Gasteiger partial charge is 0.348 e. The minimum Gasteiger partial charge on any atom is -0.348 e. The molecule has 0 aromatic carbocycles. The minimum absolute atomic E-state index is 0.136. The summed E-state index contributed by atoms with van der Waals surface area (Å²) < 4.78 is 11.3. The van der Waals surface area contributed by atoms with Crippen molar-refractivity contribution >= 4 is 11.3 Å². The lowest BCUT2D eigenvalue weighted by Crippen LogP contribution is -2.32. The Hall–Kier alpha value is -0.490. The van der Waals surface area contributed by atoms with E-state index in [0.717, 1.165) is 17.2 Å². The average Bonchev–Trinajstić information content (AvgIpc) is 2.78. The Balaban J connectivity index is 1.86. The van der Waals surface area contributed by atoms with Crippen LogP contribution < -0.4 is 5.32 Å². The lowest BCUT2D eigenvalue weighted by molar-refractivity contribution is -0.137. The molecule has 1 fully saturated rings. The lowest BCUT2D eigenvalue weighted by atomic mass is 10.2. The second-order valence-corrected chi connectivity index (χ2v) is 6.50. The van der Waals surface area contributed by atoms with Crippen molar-refractivity contribution in [2.45, 2.75) is 52.6 Å². The zero-order valence-electron chi connectivity index (χ0n) is 11.7. The number of hydrogen-bond donors (Lipinski definition) is 1. The van der Waals surface area contributed by atoms with Gasteiger partial charge < -0.3 is 14.8 Å². The van der Waals surface area contributed by atoms with Crippen molar-refractivity contribution in [1.82, 2.24) is 10.3 Å². The van der Waals surface area contributed by atoms with Gasteiger partial charge in [0, 0.05) is 17.5 Å². The van der Waals surface area contributed by atoms with Gasteiger partial charge in [0.2, 0.25) is 0 Å². The quantitative estimate of drug-likeness (QED) is 0.913. The predicted octanol–water partition coefficient (Wildman–Crippen LogP) is 2.56. The first-order valence-corrected chi connectivity index (χ1v) is 7.18. The molecule has 2 unspecified atom stereocenters. The zero-order chi connectivity index (χ0) is 13.3. The highest BCUT2D eigenvalue weighted by Crippen LogP contribution is 2.25. The van der Waals surface area contributed by atoms with Gasteiger partial charge in [-0.15, -0.1) is 11.3 Å². The van der Waals surface area contributed by atoms with Crippen LogP contribution in [0.15, 0.2) is 0 Å². The van der Waals surface area contributed by atoms with Gasteiger partial charge in [-0.05, 0) is 34.6 Å². The molecule has 1 saturated heterocycles. The van der Waals surface area contributed by atoms with Gasteiger partial charge in [0.05, 0.1) is 23.4 Å². The molecule has 4 nitrogen and oxygen atoms in total. The van der Waals surface area contributed by atoms with Crippen LogP contribution >= 0.6 is 11.3 Å². The van der Waals surface area contributed by atoms with Gasteiger partial charge in [0.1, 0.15) is 0 Å². The highest BCUT2D eigenvalue weighted by atomic mass is 32.1. The fourth-order valence-corrected chi connectivity index (χ4v) is 3.17. The predicted molar refractivity (Wildman–Crippen MR) is 72.9 cm³/mol. The molecule has 0 bridgehead atoms. The van der Waals surface area contributed by atoms with E-state index in [1.54, 1.807) is 11.3 Å². The Bertz CT molecular complexity index is 417. The van der Waals surface area contributed by atoms with E-state index in [0.29, 0.717) is 12.6 Å². The molecule has 2 rings (SSSR count). The molecule has 0 saturated carbocycles. The zero-order valence-corrected chi connectivity index (χ0v) is 12.6. The molecule has 18 heavy (non-hydrogen) atoms. The van der Waals surface area contributed by atoms with E-state index < -0.39 is 5.79 Å².